The van der Waals surface area contributed by atoms with Gasteiger partial charge < -0.3 is 10.5 Å². The van der Waals surface area contributed by atoms with E-state index in [1.54, 1.807) is 0 Å². The molecule has 1 aliphatic rings. The van der Waals surface area contributed by atoms with Gasteiger partial charge in [-0.3, -0.25) is 0 Å². The van der Waals surface area contributed by atoms with Crippen LogP contribution >= 0.6 is 0 Å². The lowest BCUT2D eigenvalue weighted by molar-refractivity contribution is -0.144. The van der Waals surface area contributed by atoms with E-state index in [0.717, 1.165) is 12.8 Å². The molecule has 0 aromatic heterocycles. The van der Waals surface area contributed by atoms with Crippen molar-refractivity contribution in [3.63, 3.8) is 0 Å². The fourth-order valence-corrected chi connectivity index (χ4v) is 1.13. The van der Waals surface area contributed by atoms with E-state index in [1.165, 1.54) is 0 Å². The van der Waals surface area contributed by atoms with Crippen molar-refractivity contribution in [2.75, 3.05) is 6.61 Å². The van der Waals surface area contributed by atoms with Crippen LogP contribution in [0.3, 0.4) is 0 Å². The molecule has 0 radical (unpaired) electrons. The second-order valence-electron chi connectivity index (χ2n) is 2.69. The third-order valence-electron chi connectivity index (χ3n) is 1.73. The Labute approximate surface area is 58.3 Å². The van der Waals surface area contributed by atoms with Crippen LogP contribution in [0.1, 0.15) is 12.8 Å². The van der Waals surface area contributed by atoms with Crippen LogP contribution in [0.5, 0.6) is 0 Å². The Hall–Kier alpha value is -0.220. The Balaban J connectivity index is 1.95. The average molecular weight is 151 g/mol. The second-order valence-corrected chi connectivity index (χ2v) is 2.69. The number of alkyl halides is 2. The summed E-state index contributed by atoms with van der Waals surface area (Å²) < 4.78 is 26.9. The van der Waals surface area contributed by atoms with E-state index in [1.807, 2.05) is 0 Å². The summed E-state index contributed by atoms with van der Waals surface area (Å²) in [6, 6.07) is 0.214. The van der Waals surface area contributed by atoms with Crippen LogP contribution in [0, 0.1) is 5.92 Å². The normalized spacial score (nSPS) is 32.4. The van der Waals surface area contributed by atoms with Crippen LogP contribution in [0.2, 0.25) is 0 Å². The summed E-state index contributed by atoms with van der Waals surface area (Å²) in [5.74, 6) is 0.268. The Bertz CT molecular complexity index is 104. The number of halogens is 2. The van der Waals surface area contributed by atoms with E-state index in [0.29, 0.717) is 0 Å². The highest BCUT2D eigenvalue weighted by atomic mass is 19.3. The van der Waals surface area contributed by atoms with Crippen molar-refractivity contribution in [1.29, 1.82) is 0 Å². The maximum absolute atomic E-state index is 11.4. The smallest absolute Gasteiger partial charge is 0.328 e. The van der Waals surface area contributed by atoms with Crippen molar-refractivity contribution >= 4 is 0 Å². The predicted molar refractivity (Wildman–Crippen MR) is 32.7 cm³/mol. The van der Waals surface area contributed by atoms with Gasteiger partial charge in [-0.2, -0.15) is 8.78 Å². The minimum Gasteiger partial charge on any atom is -0.328 e. The predicted octanol–water partition coefficient (Wildman–Crippen LogP) is 0.963. The first kappa shape index (κ1) is 7.88. The van der Waals surface area contributed by atoms with E-state index in [-0.39, 0.29) is 18.6 Å². The maximum Gasteiger partial charge on any atom is 0.345 e. The zero-order chi connectivity index (χ0) is 7.56. The first-order chi connectivity index (χ1) is 4.68. The first-order valence-corrected chi connectivity index (χ1v) is 3.34. The lowest BCUT2D eigenvalue weighted by Gasteiger charge is -2.31. The fourth-order valence-electron chi connectivity index (χ4n) is 1.13. The molecule has 0 saturated heterocycles. The number of hydrogen-bond donors (Lipinski definition) is 1. The van der Waals surface area contributed by atoms with E-state index in [2.05, 4.69) is 4.74 Å². The van der Waals surface area contributed by atoms with Crippen molar-refractivity contribution in [2.24, 2.45) is 11.7 Å². The maximum atomic E-state index is 11.4. The summed E-state index contributed by atoms with van der Waals surface area (Å²) in [5.41, 5.74) is 5.43. The minimum atomic E-state index is -2.63. The van der Waals surface area contributed by atoms with Crippen LogP contribution in [0.15, 0.2) is 0 Å². The Morgan fingerprint density at radius 2 is 2.10 bits per heavy atom. The van der Waals surface area contributed by atoms with Crippen molar-refractivity contribution in [3.8, 4) is 0 Å². The SMILES string of the molecule is NC1CC(COC(F)F)C1. The van der Waals surface area contributed by atoms with Gasteiger partial charge in [-0.25, -0.2) is 0 Å². The Morgan fingerprint density at radius 1 is 1.50 bits per heavy atom. The number of rotatable bonds is 3. The van der Waals surface area contributed by atoms with Gasteiger partial charge in [0.15, 0.2) is 0 Å². The van der Waals surface area contributed by atoms with Crippen molar-refractivity contribution in [1.82, 2.24) is 0 Å². The van der Waals surface area contributed by atoms with Crippen molar-refractivity contribution in [3.05, 3.63) is 0 Å². The van der Waals surface area contributed by atoms with E-state index in [4.69, 9.17) is 5.73 Å². The Kier molecular flexibility index (Phi) is 2.56. The molecule has 1 rings (SSSR count). The van der Waals surface area contributed by atoms with Crippen molar-refractivity contribution < 1.29 is 13.5 Å². The van der Waals surface area contributed by atoms with Gasteiger partial charge in [-0.1, -0.05) is 0 Å². The fraction of sp³-hybridized carbons (Fsp3) is 1.00. The molecule has 1 fully saturated rings. The highest BCUT2D eigenvalue weighted by Gasteiger charge is 2.26. The van der Waals surface area contributed by atoms with E-state index >= 15 is 0 Å². The average Bonchev–Trinajstić information content (AvgIpc) is 1.77. The molecule has 0 amide bonds. The highest BCUT2D eigenvalue weighted by molar-refractivity contribution is 4.81. The monoisotopic (exact) mass is 151 g/mol. The lowest BCUT2D eigenvalue weighted by Crippen LogP contribution is -2.38. The molecule has 0 unspecified atom stereocenters. The van der Waals surface area contributed by atoms with Gasteiger partial charge in [0.05, 0.1) is 6.61 Å². The molecule has 0 aliphatic heterocycles. The number of hydrogen-bond acceptors (Lipinski definition) is 2. The van der Waals surface area contributed by atoms with Crippen LogP contribution in [-0.4, -0.2) is 19.3 Å². The van der Waals surface area contributed by atoms with Gasteiger partial charge in [0.2, 0.25) is 0 Å². The summed E-state index contributed by atoms with van der Waals surface area (Å²) in [6.45, 7) is -2.47. The Morgan fingerprint density at radius 3 is 2.50 bits per heavy atom. The molecule has 0 aromatic carbocycles. The van der Waals surface area contributed by atoms with Gasteiger partial charge >= 0.3 is 6.61 Å². The summed E-state index contributed by atoms with van der Waals surface area (Å²) >= 11 is 0. The summed E-state index contributed by atoms with van der Waals surface area (Å²) in [7, 11) is 0. The molecule has 0 bridgehead atoms. The van der Waals surface area contributed by atoms with Gasteiger partial charge in [-0.05, 0) is 18.8 Å². The van der Waals surface area contributed by atoms with Gasteiger partial charge in [0, 0.05) is 6.04 Å². The molecule has 0 atom stereocenters. The topological polar surface area (TPSA) is 35.2 Å². The molecule has 0 heterocycles. The van der Waals surface area contributed by atoms with Gasteiger partial charge in [0.25, 0.3) is 0 Å². The molecular weight excluding hydrogens is 140 g/mol. The standard InChI is InChI=1S/C6H11F2NO/c7-6(8)10-3-4-1-5(9)2-4/h4-6H,1-3,9H2. The van der Waals surface area contributed by atoms with E-state index < -0.39 is 6.61 Å². The molecular formula is C6H11F2NO. The summed E-state index contributed by atoms with van der Waals surface area (Å²) in [5, 5.41) is 0. The highest BCUT2D eigenvalue weighted by Crippen LogP contribution is 2.25. The van der Waals surface area contributed by atoms with Crippen LogP contribution < -0.4 is 5.73 Å². The molecule has 1 aliphatic carbocycles. The van der Waals surface area contributed by atoms with Crippen LogP contribution in [0.4, 0.5) is 8.78 Å². The minimum absolute atomic E-state index is 0.158. The number of ether oxygens (including phenoxy) is 1. The van der Waals surface area contributed by atoms with Crippen LogP contribution in [0.25, 0.3) is 0 Å². The second kappa shape index (κ2) is 3.25. The summed E-state index contributed by atoms with van der Waals surface area (Å²) in [4.78, 5) is 0. The quantitative estimate of drug-likeness (QED) is 0.652. The molecule has 2 nitrogen and oxygen atoms in total. The molecule has 60 valence electrons. The van der Waals surface area contributed by atoms with Crippen molar-refractivity contribution in [2.45, 2.75) is 25.5 Å². The first-order valence-electron chi connectivity index (χ1n) is 3.34. The third kappa shape index (κ3) is 2.19. The van der Waals surface area contributed by atoms with Gasteiger partial charge in [-0.15, -0.1) is 0 Å². The molecule has 0 spiro atoms. The molecule has 10 heavy (non-hydrogen) atoms. The number of nitrogens with two attached hydrogens (primary N) is 1. The molecule has 2 N–H and O–H groups in total. The third-order valence-corrected chi connectivity index (χ3v) is 1.73. The molecule has 0 aromatic rings. The zero-order valence-electron chi connectivity index (χ0n) is 5.59. The van der Waals surface area contributed by atoms with Gasteiger partial charge in [0.1, 0.15) is 0 Å². The summed E-state index contributed by atoms with van der Waals surface area (Å²) in [6.07, 6.45) is 1.65. The largest absolute Gasteiger partial charge is 0.345 e. The zero-order valence-corrected chi connectivity index (χ0v) is 5.59. The molecule has 1 saturated carbocycles. The molecule has 4 heteroatoms. The lowest BCUT2D eigenvalue weighted by atomic mass is 9.82. The van der Waals surface area contributed by atoms with E-state index in [9.17, 15) is 8.78 Å². The van der Waals surface area contributed by atoms with Crippen LogP contribution in [-0.2, 0) is 4.74 Å².